The number of primary amides is 1. The lowest BCUT2D eigenvalue weighted by atomic mass is 10.1. The van der Waals surface area contributed by atoms with Crippen molar-refractivity contribution in [3.05, 3.63) is 53.0 Å². The Morgan fingerprint density at radius 1 is 1.30 bits per heavy atom. The molecule has 12 heteroatoms. The van der Waals surface area contributed by atoms with Gasteiger partial charge in [-0.05, 0) is 43.4 Å². The Kier molecular flexibility index (Phi) is 6.37. The van der Waals surface area contributed by atoms with Crippen LogP contribution in [0.15, 0.2) is 31.1 Å². The molecular formula is C25H24ClF2N7O2. The number of carbonyl (C=O) groups excluding carboxylic acids is 2. The van der Waals surface area contributed by atoms with Crippen molar-refractivity contribution < 1.29 is 18.4 Å². The molecule has 3 heterocycles. The van der Waals surface area contributed by atoms with Crippen LogP contribution in [0.5, 0.6) is 0 Å². The quantitative estimate of drug-likeness (QED) is 0.377. The minimum atomic E-state index is -2.75. The fraction of sp³-hybridized carbons (Fsp3) is 0.360. The Morgan fingerprint density at radius 3 is 2.68 bits per heavy atom. The van der Waals surface area contributed by atoms with Crippen LogP contribution in [-0.4, -0.2) is 62.1 Å². The van der Waals surface area contributed by atoms with E-state index in [0.29, 0.717) is 16.6 Å². The summed E-state index contributed by atoms with van der Waals surface area (Å²) in [6.45, 7) is 3.36. The number of anilines is 1. The number of alkyl halides is 2. The topological polar surface area (TPSA) is 111 Å². The van der Waals surface area contributed by atoms with Crippen LogP contribution in [0.25, 0.3) is 11.0 Å². The van der Waals surface area contributed by atoms with Gasteiger partial charge < -0.3 is 20.5 Å². The van der Waals surface area contributed by atoms with Gasteiger partial charge in [0.25, 0.3) is 12.3 Å². The van der Waals surface area contributed by atoms with Gasteiger partial charge in [0.15, 0.2) is 5.69 Å². The summed E-state index contributed by atoms with van der Waals surface area (Å²) in [5.74, 6) is 4.66. The van der Waals surface area contributed by atoms with Gasteiger partial charge in [-0.1, -0.05) is 24.1 Å². The van der Waals surface area contributed by atoms with Crippen molar-refractivity contribution >= 4 is 40.3 Å². The number of nitrogens with one attached hydrogen (secondary N) is 1. The number of hydrogen-bond donors (Lipinski definition) is 2. The number of nitrogens with zero attached hydrogens (tertiary/aromatic N) is 5. The van der Waals surface area contributed by atoms with Gasteiger partial charge in [-0.3, -0.25) is 9.59 Å². The number of imidazole rings is 1. The van der Waals surface area contributed by atoms with Crippen molar-refractivity contribution in [2.45, 2.75) is 43.8 Å². The molecule has 0 unspecified atom stereocenters. The molecule has 3 N–H and O–H groups in total. The zero-order valence-corrected chi connectivity index (χ0v) is 20.7. The van der Waals surface area contributed by atoms with E-state index in [0.717, 1.165) is 34.9 Å². The van der Waals surface area contributed by atoms with Crippen LogP contribution in [-0.2, 0) is 4.79 Å². The van der Waals surface area contributed by atoms with Gasteiger partial charge in [0.2, 0.25) is 5.91 Å². The molecule has 1 aromatic carbocycles. The van der Waals surface area contributed by atoms with Gasteiger partial charge in [0.1, 0.15) is 11.4 Å². The third-order valence-corrected chi connectivity index (χ3v) is 7.04. The molecule has 5 rings (SSSR count). The number of amides is 2. The molecule has 1 aliphatic heterocycles. The zero-order valence-electron chi connectivity index (χ0n) is 19.9. The van der Waals surface area contributed by atoms with Gasteiger partial charge >= 0.3 is 0 Å². The van der Waals surface area contributed by atoms with E-state index < -0.39 is 30.3 Å². The molecule has 37 heavy (non-hydrogen) atoms. The van der Waals surface area contributed by atoms with E-state index in [1.165, 1.54) is 4.68 Å². The average Bonchev–Trinajstić information content (AvgIpc) is 3.31. The summed E-state index contributed by atoms with van der Waals surface area (Å²) >= 11 is 6.51. The molecule has 1 saturated heterocycles. The zero-order chi connectivity index (χ0) is 26.4. The van der Waals surface area contributed by atoms with Crippen LogP contribution < -0.4 is 11.1 Å². The molecule has 192 valence electrons. The van der Waals surface area contributed by atoms with Crippen molar-refractivity contribution in [1.29, 1.82) is 0 Å². The standard InChI is InChI=1S/C25H24ClF2N7O2/c1-3-21(36)33-11-15(9-20(33)23(27)28)35-25(30-2)22(24(29)37)17(32-35)7-4-13-8-18-19(10-16(13)26)34(12-31-18)14-5-6-14/h3,8,10,12,14-15,20,23,30H,1,5-6,9,11H2,2H3,(H2,29,37)/t15-,20-/m1/s1. The summed E-state index contributed by atoms with van der Waals surface area (Å²) in [6, 6.07) is 2.08. The maximum atomic E-state index is 13.7. The Hall–Kier alpha value is -3.91. The van der Waals surface area contributed by atoms with Gasteiger partial charge in [-0.25, -0.2) is 18.4 Å². The second kappa shape index (κ2) is 9.52. The van der Waals surface area contributed by atoms with E-state index in [2.05, 4.69) is 38.4 Å². The maximum absolute atomic E-state index is 13.7. The number of aromatic nitrogens is 4. The molecule has 1 saturated carbocycles. The Balaban J connectivity index is 1.53. The molecule has 3 aromatic rings. The summed E-state index contributed by atoms with van der Waals surface area (Å²) in [5.41, 5.74) is 7.90. The minimum absolute atomic E-state index is 0.0207. The van der Waals surface area contributed by atoms with Crippen molar-refractivity contribution in [1.82, 2.24) is 24.2 Å². The summed E-state index contributed by atoms with van der Waals surface area (Å²) < 4.78 is 30.9. The molecule has 0 spiro atoms. The molecule has 0 bridgehead atoms. The lowest BCUT2D eigenvalue weighted by molar-refractivity contribution is -0.129. The number of nitrogens with two attached hydrogens (primary N) is 1. The smallest absolute Gasteiger partial charge is 0.258 e. The molecule has 1 aliphatic carbocycles. The van der Waals surface area contributed by atoms with Crippen LogP contribution in [0.2, 0.25) is 5.02 Å². The maximum Gasteiger partial charge on any atom is 0.258 e. The predicted octanol–water partition coefficient (Wildman–Crippen LogP) is 3.35. The molecular weight excluding hydrogens is 504 g/mol. The molecule has 9 nitrogen and oxygen atoms in total. The van der Waals surface area contributed by atoms with E-state index >= 15 is 0 Å². The van der Waals surface area contributed by atoms with Crippen LogP contribution >= 0.6 is 11.6 Å². The number of likely N-dealkylation sites (tertiary alicyclic amines) is 1. The van der Waals surface area contributed by atoms with Crippen molar-refractivity contribution in [2.24, 2.45) is 5.73 Å². The first kappa shape index (κ1) is 24.8. The predicted molar refractivity (Wildman–Crippen MR) is 135 cm³/mol. The van der Waals surface area contributed by atoms with E-state index in [-0.39, 0.29) is 30.0 Å². The highest BCUT2D eigenvalue weighted by Gasteiger charge is 2.42. The van der Waals surface area contributed by atoms with Gasteiger partial charge in [0.05, 0.1) is 34.5 Å². The first-order chi connectivity index (χ1) is 17.7. The Labute approximate surface area is 216 Å². The molecule has 2 amide bonds. The van der Waals surface area contributed by atoms with Crippen LogP contribution in [0.3, 0.4) is 0 Å². The number of halogens is 3. The Bertz CT molecular complexity index is 1480. The summed E-state index contributed by atoms with van der Waals surface area (Å²) in [6.07, 6.45) is 2.18. The Morgan fingerprint density at radius 2 is 2.05 bits per heavy atom. The SMILES string of the molecule is C=CC(=O)N1C[C@H](n2nc(C#Cc3cc4ncn(C5CC5)c4cc3Cl)c(C(N)=O)c2NC)C[C@@H]1C(F)F. The number of fused-ring (bicyclic) bond motifs is 1. The first-order valence-corrected chi connectivity index (χ1v) is 12.1. The summed E-state index contributed by atoms with van der Waals surface area (Å²) in [5, 5.41) is 7.75. The number of hydrogen-bond acceptors (Lipinski definition) is 5. The highest BCUT2D eigenvalue weighted by atomic mass is 35.5. The second-order valence-electron chi connectivity index (χ2n) is 9.07. The van der Waals surface area contributed by atoms with Crippen molar-refractivity contribution in [3.8, 4) is 11.8 Å². The molecule has 0 radical (unpaired) electrons. The minimum Gasteiger partial charge on any atom is -0.373 e. The normalized spacial score (nSPS) is 19.2. The third-order valence-electron chi connectivity index (χ3n) is 6.73. The van der Waals surface area contributed by atoms with E-state index in [1.54, 1.807) is 19.4 Å². The first-order valence-electron chi connectivity index (χ1n) is 11.7. The fourth-order valence-electron chi connectivity index (χ4n) is 4.80. The highest BCUT2D eigenvalue weighted by molar-refractivity contribution is 6.32. The lowest BCUT2D eigenvalue weighted by Crippen LogP contribution is -2.38. The third kappa shape index (κ3) is 4.42. The molecule has 2 atom stereocenters. The monoisotopic (exact) mass is 527 g/mol. The number of rotatable bonds is 6. The fourth-order valence-corrected chi connectivity index (χ4v) is 5.01. The number of carbonyl (C=O) groups is 2. The van der Waals surface area contributed by atoms with E-state index in [9.17, 15) is 18.4 Å². The number of benzene rings is 1. The van der Waals surface area contributed by atoms with Crippen molar-refractivity contribution in [3.63, 3.8) is 0 Å². The molecule has 2 aromatic heterocycles. The van der Waals surface area contributed by atoms with E-state index in [4.69, 9.17) is 17.3 Å². The highest BCUT2D eigenvalue weighted by Crippen LogP contribution is 2.38. The summed E-state index contributed by atoms with van der Waals surface area (Å²) in [4.78, 5) is 30.1. The van der Waals surface area contributed by atoms with Gasteiger partial charge in [0, 0.05) is 25.2 Å². The second-order valence-corrected chi connectivity index (χ2v) is 9.48. The average molecular weight is 528 g/mol. The summed E-state index contributed by atoms with van der Waals surface area (Å²) in [7, 11) is 1.56. The van der Waals surface area contributed by atoms with Crippen LogP contribution in [0.1, 0.15) is 53.0 Å². The molecule has 2 fully saturated rings. The van der Waals surface area contributed by atoms with Gasteiger partial charge in [-0.15, -0.1) is 0 Å². The van der Waals surface area contributed by atoms with Crippen molar-refractivity contribution in [2.75, 3.05) is 18.9 Å². The van der Waals surface area contributed by atoms with E-state index in [1.807, 2.05) is 6.07 Å². The molecule has 2 aliphatic rings. The van der Waals surface area contributed by atoms with Crippen LogP contribution in [0.4, 0.5) is 14.6 Å². The lowest BCUT2D eigenvalue weighted by Gasteiger charge is -2.21. The van der Waals surface area contributed by atoms with Gasteiger partial charge in [-0.2, -0.15) is 5.10 Å². The van der Waals surface area contributed by atoms with Crippen LogP contribution in [0, 0.1) is 11.8 Å². The largest absolute Gasteiger partial charge is 0.373 e.